The van der Waals surface area contributed by atoms with E-state index in [4.69, 9.17) is 5.10 Å². The normalized spacial score (nSPS) is 15.1. The minimum atomic E-state index is -0.132. The molecule has 5 rings (SSSR count). The van der Waals surface area contributed by atoms with Gasteiger partial charge in [0.2, 0.25) is 0 Å². The van der Waals surface area contributed by atoms with Gasteiger partial charge in [0.05, 0.1) is 17.1 Å². The van der Waals surface area contributed by atoms with Gasteiger partial charge in [-0.25, -0.2) is 4.68 Å². The molecule has 0 aliphatic carbocycles. The largest absolute Gasteiger partial charge is 0.370 e. The van der Waals surface area contributed by atoms with Crippen molar-refractivity contribution in [2.75, 3.05) is 17.2 Å². The molecule has 178 valence electrons. The van der Waals surface area contributed by atoms with E-state index in [2.05, 4.69) is 40.5 Å². The first-order chi connectivity index (χ1) is 17.1. The minimum absolute atomic E-state index is 0.132. The second kappa shape index (κ2) is 9.70. The van der Waals surface area contributed by atoms with Gasteiger partial charge in [0.15, 0.2) is 0 Å². The van der Waals surface area contributed by atoms with Crippen molar-refractivity contribution in [2.45, 2.75) is 46.1 Å². The molecule has 0 saturated carbocycles. The number of carbonyl (C=O) groups is 1. The Bertz CT molecular complexity index is 1360. The molecule has 1 aromatic carbocycles. The lowest BCUT2D eigenvalue weighted by molar-refractivity contribution is 0.102. The van der Waals surface area contributed by atoms with Crippen LogP contribution in [0.5, 0.6) is 0 Å². The van der Waals surface area contributed by atoms with E-state index < -0.39 is 0 Å². The summed E-state index contributed by atoms with van der Waals surface area (Å²) in [4.78, 5) is 21.8. The first-order valence-electron chi connectivity index (χ1n) is 12.2. The number of fused-ring (bicyclic) bond motifs is 1. The molecule has 0 saturated heterocycles. The second-order valence-electron chi connectivity index (χ2n) is 8.93. The van der Waals surface area contributed by atoms with Crippen molar-refractivity contribution < 1.29 is 4.79 Å². The molecule has 4 aromatic rings. The van der Waals surface area contributed by atoms with E-state index in [1.54, 1.807) is 6.20 Å². The van der Waals surface area contributed by atoms with Gasteiger partial charge in [-0.2, -0.15) is 5.10 Å². The summed E-state index contributed by atoms with van der Waals surface area (Å²) in [6.07, 6.45) is 5.58. The predicted octanol–water partition coefficient (Wildman–Crippen LogP) is 5.57. The number of hydrogen-bond donors (Lipinski definition) is 2. The maximum absolute atomic E-state index is 13.0. The lowest BCUT2D eigenvalue weighted by Gasteiger charge is -2.20. The molecule has 7 nitrogen and oxygen atoms in total. The third kappa shape index (κ3) is 4.41. The number of benzene rings is 1. The average molecular weight is 467 g/mol. The van der Waals surface area contributed by atoms with Crippen molar-refractivity contribution in [3.05, 3.63) is 88.9 Å². The van der Waals surface area contributed by atoms with Crippen LogP contribution >= 0.6 is 0 Å². The third-order valence-electron chi connectivity index (χ3n) is 6.67. The number of nitrogens with zero attached hydrogens (tertiary/aromatic N) is 4. The molecule has 1 aliphatic heterocycles. The van der Waals surface area contributed by atoms with Crippen molar-refractivity contribution in [1.82, 2.24) is 19.7 Å². The highest BCUT2D eigenvalue weighted by Gasteiger charge is 2.30. The maximum atomic E-state index is 13.0. The summed E-state index contributed by atoms with van der Waals surface area (Å²) in [5, 5.41) is 11.6. The lowest BCUT2D eigenvalue weighted by Crippen LogP contribution is -2.14. The van der Waals surface area contributed by atoms with Crippen LogP contribution in [-0.4, -0.2) is 32.2 Å². The summed E-state index contributed by atoms with van der Waals surface area (Å²) in [6.45, 7) is 7.77. The second-order valence-corrected chi connectivity index (χ2v) is 8.93. The molecular weight excluding hydrogens is 436 g/mol. The molecule has 0 spiro atoms. The van der Waals surface area contributed by atoms with Crippen molar-refractivity contribution >= 4 is 17.4 Å². The fourth-order valence-corrected chi connectivity index (χ4v) is 4.90. The van der Waals surface area contributed by atoms with E-state index in [0.29, 0.717) is 5.56 Å². The summed E-state index contributed by atoms with van der Waals surface area (Å²) >= 11 is 0. The first-order valence-corrected chi connectivity index (χ1v) is 12.2. The number of anilines is 2. The van der Waals surface area contributed by atoms with Crippen LogP contribution in [0.15, 0.2) is 60.9 Å². The smallest absolute Gasteiger partial charge is 0.255 e. The highest BCUT2D eigenvalue weighted by molar-refractivity contribution is 6.04. The van der Waals surface area contributed by atoms with Crippen LogP contribution < -0.4 is 10.6 Å². The molecule has 2 N–H and O–H groups in total. The third-order valence-corrected chi connectivity index (χ3v) is 6.67. The Hall–Kier alpha value is -4.00. The number of pyridine rings is 2. The van der Waals surface area contributed by atoms with Gasteiger partial charge in [0.25, 0.3) is 5.91 Å². The number of rotatable bonds is 5. The lowest BCUT2D eigenvalue weighted by atomic mass is 9.84. The number of nitrogens with one attached hydrogen (secondary N) is 2. The van der Waals surface area contributed by atoms with Gasteiger partial charge in [-0.05, 0) is 81.1 Å². The van der Waals surface area contributed by atoms with Crippen molar-refractivity contribution in [1.29, 1.82) is 0 Å². The highest BCUT2D eigenvalue weighted by atomic mass is 16.1. The number of aromatic nitrogens is 4. The molecule has 4 heterocycles. The van der Waals surface area contributed by atoms with E-state index in [1.807, 2.05) is 60.3 Å². The van der Waals surface area contributed by atoms with Gasteiger partial charge in [-0.1, -0.05) is 12.1 Å². The number of amides is 1. The van der Waals surface area contributed by atoms with Gasteiger partial charge < -0.3 is 10.6 Å². The van der Waals surface area contributed by atoms with Crippen LogP contribution in [0.1, 0.15) is 58.4 Å². The molecule has 0 bridgehead atoms. The van der Waals surface area contributed by atoms with Crippen molar-refractivity contribution in [3.8, 4) is 11.4 Å². The average Bonchev–Trinajstić information content (AvgIpc) is 3.11. The number of hydrogen-bond acceptors (Lipinski definition) is 5. The number of carbonyl (C=O) groups excluding carboxylic acids is 1. The Morgan fingerprint density at radius 1 is 1.11 bits per heavy atom. The van der Waals surface area contributed by atoms with E-state index in [1.165, 1.54) is 11.1 Å². The van der Waals surface area contributed by atoms with Gasteiger partial charge in [-0.3, -0.25) is 14.8 Å². The van der Waals surface area contributed by atoms with E-state index in [-0.39, 0.29) is 11.8 Å². The zero-order valence-electron chi connectivity index (χ0n) is 20.4. The van der Waals surface area contributed by atoms with Gasteiger partial charge in [0, 0.05) is 42.5 Å². The van der Waals surface area contributed by atoms with Crippen LogP contribution in [-0.2, 0) is 6.54 Å². The van der Waals surface area contributed by atoms with Gasteiger partial charge in [-0.15, -0.1) is 0 Å². The highest BCUT2D eigenvalue weighted by Crippen LogP contribution is 2.43. The Labute approximate surface area is 205 Å². The minimum Gasteiger partial charge on any atom is -0.370 e. The van der Waals surface area contributed by atoms with Crippen molar-refractivity contribution in [2.24, 2.45) is 0 Å². The van der Waals surface area contributed by atoms with Crippen LogP contribution in [0.3, 0.4) is 0 Å². The van der Waals surface area contributed by atoms with Crippen LogP contribution in [0.4, 0.5) is 11.5 Å². The SMILES string of the molecule is CCn1nc(-c2ccccn2)c2c1NCCCC2c1ccc(C(=O)Nc2cccnc2C)cc1C. The molecule has 35 heavy (non-hydrogen) atoms. The zero-order chi connectivity index (χ0) is 24.4. The standard InChI is InChI=1S/C28H30N6O/c1-4-34-27-25(26(33-34)24-10-5-6-14-30-24)22(9-7-16-31-27)21-13-12-20(17-18(21)2)28(35)32-23-11-8-15-29-19(23)3/h5-6,8,10-15,17,22,31H,4,7,9,16H2,1-3H3,(H,32,35). The van der Waals surface area contributed by atoms with Crippen LogP contribution in [0.25, 0.3) is 11.4 Å². The Morgan fingerprint density at radius 2 is 1.97 bits per heavy atom. The monoisotopic (exact) mass is 466 g/mol. The van der Waals surface area contributed by atoms with E-state index in [9.17, 15) is 4.79 Å². The molecule has 1 unspecified atom stereocenters. The molecule has 3 aromatic heterocycles. The fraction of sp³-hybridized carbons (Fsp3) is 0.286. The molecule has 1 aliphatic rings. The van der Waals surface area contributed by atoms with Crippen LogP contribution in [0, 0.1) is 13.8 Å². The summed E-state index contributed by atoms with van der Waals surface area (Å²) < 4.78 is 2.05. The summed E-state index contributed by atoms with van der Waals surface area (Å²) in [6, 6.07) is 15.6. The molecule has 1 amide bonds. The van der Waals surface area contributed by atoms with E-state index >= 15 is 0 Å². The summed E-state index contributed by atoms with van der Waals surface area (Å²) in [7, 11) is 0. The Morgan fingerprint density at radius 3 is 2.71 bits per heavy atom. The topological polar surface area (TPSA) is 84.7 Å². The van der Waals surface area contributed by atoms with Crippen LogP contribution in [0.2, 0.25) is 0 Å². The van der Waals surface area contributed by atoms with Gasteiger partial charge in [0.1, 0.15) is 11.5 Å². The van der Waals surface area contributed by atoms with Gasteiger partial charge >= 0.3 is 0 Å². The van der Waals surface area contributed by atoms with E-state index in [0.717, 1.165) is 60.1 Å². The molecular formula is C28H30N6O. The summed E-state index contributed by atoms with van der Waals surface area (Å²) in [5.41, 5.74) is 7.46. The molecule has 7 heteroatoms. The summed E-state index contributed by atoms with van der Waals surface area (Å²) in [5.74, 6) is 1.10. The zero-order valence-corrected chi connectivity index (χ0v) is 20.4. The maximum Gasteiger partial charge on any atom is 0.255 e. The van der Waals surface area contributed by atoms with Crippen molar-refractivity contribution in [3.63, 3.8) is 0 Å². The molecule has 0 fully saturated rings. The Balaban J connectivity index is 1.53. The predicted molar refractivity (Wildman–Crippen MR) is 139 cm³/mol. The quantitative estimate of drug-likeness (QED) is 0.402. The number of aryl methyl sites for hydroxylation is 3. The molecule has 1 atom stereocenters. The first kappa shape index (κ1) is 22.8. The fourth-order valence-electron chi connectivity index (χ4n) is 4.90. The Kier molecular flexibility index (Phi) is 6.31. The molecule has 0 radical (unpaired) electrons.